The van der Waals surface area contributed by atoms with Gasteiger partial charge in [0, 0.05) is 28.2 Å². The Bertz CT molecular complexity index is 1060. The molecular weight excluding hydrogens is 369 g/mol. The smallest absolute Gasteiger partial charge is 0.225 e. The molecular formula is C21H19F3N2O2. The fourth-order valence-electron chi connectivity index (χ4n) is 3.83. The Morgan fingerprint density at radius 3 is 2.75 bits per heavy atom. The summed E-state index contributed by atoms with van der Waals surface area (Å²) in [6.45, 7) is 0. The second-order valence-corrected chi connectivity index (χ2v) is 6.98. The van der Waals surface area contributed by atoms with Crippen molar-refractivity contribution in [3.63, 3.8) is 0 Å². The summed E-state index contributed by atoms with van der Waals surface area (Å²) in [7, 11) is 1.61. The number of hydrogen-bond acceptors (Lipinski definition) is 2. The Hall–Kier alpha value is -2.96. The minimum atomic E-state index is -1.27. The Labute approximate surface area is 159 Å². The maximum absolute atomic E-state index is 13.8. The topological polar surface area (TPSA) is 54.1 Å². The molecule has 1 atom stereocenters. The van der Waals surface area contributed by atoms with Gasteiger partial charge < -0.3 is 15.0 Å². The van der Waals surface area contributed by atoms with Gasteiger partial charge in [-0.2, -0.15) is 0 Å². The minimum absolute atomic E-state index is 0.172. The summed E-state index contributed by atoms with van der Waals surface area (Å²) in [6, 6.07) is 6.70. The van der Waals surface area contributed by atoms with Crippen molar-refractivity contribution in [1.82, 2.24) is 10.3 Å². The first kappa shape index (κ1) is 18.4. The first-order valence-corrected chi connectivity index (χ1v) is 9.07. The lowest BCUT2D eigenvalue weighted by atomic mass is 9.91. The van der Waals surface area contributed by atoms with Gasteiger partial charge in [0.2, 0.25) is 5.91 Å². The molecule has 3 aromatic rings. The Balaban J connectivity index is 1.57. The van der Waals surface area contributed by atoms with E-state index in [4.69, 9.17) is 4.74 Å². The number of aryl methyl sites for hydroxylation is 1. The van der Waals surface area contributed by atoms with Crippen molar-refractivity contribution >= 4 is 16.8 Å². The number of halogens is 3. The third kappa shape index (κ3) is 3.32. The second kappa shape index (κ2) is 7.22. The zero-order valence-corrected chi connectivity index (χ0v) is 15.2. The van der Waals surface area contributed by atoms with E-state index < -0.39 is 23.4 Å². The van der Waals surface area contributed by atoms with Crippen molar-refractivity contribution in [1.29, 1.82) is 0 Å². The predicted molar refractivity (Wildman–Crippen MR) is 98.7 cm³/mol. The molecule has 1 amide bonds. The zero-order chi connectivity index (χ0) is 19.8. The molecule has 28 heavy (non-hydrogen) atoms. The molecule has 2 N–H and O–H groups in total. The van der Waals surface area contributed by atoms with Crippen molar-refractivity contribution < 1.29 is 22.7 Å². The normalized spacial score (nSPS) is 16.1. The van der Waals surface area contributed by atoms with E-state index in [-0.39, 0.29) is 18.0 Å². The van der Waals surface area contributed by atoms with Crippen LogP contribution in [0.4, 0.5) is 13.2 Å². The van der Waals surface area contributed by atoms with E-state index in [9.17, 15) is 18.0 Å². The van der Waals surface area contributed by atoms with Crippen LogP contribution in [0.25, 0.3) is 10.9 Å². The van der Waals surface area contributed by atoms with E-state index in [0.29, 0.717) is 6.07 Å². The van der Waals surface area contributed by atoms with Crippen LogP contribution in [-0.2, 0) is 17.6 Å². The molecule has 1 aliphatic carbocycles. The molecule has 0 fully saturated rings. The highest BCUT2D eigenvalue weighted by atomic mass is 19.2. The summed E-state index contributed by atoms with van der Waals surface area (Å²) in [6.07, 6.45) is 2.15. The molecule has 2 aromatic carbocycles. The molecule has 4 nitrogen and oxygen atoms in total. The molecule has 0 radical (unpaired) electrons. The average molecular weight is 388 g/mol. The van der Waals surface area contributed by atoms with Gasteiger partial charge in [-0.15, -0.1) is 0 Å². The van der Waals surface area contributed by atoms with Gasteiger partial charge in [-0.25, -0.2) is 13.2 Å². The molecule has 0 saturated heterocycles. The van der Waals surface area contributed by atoms with Gasteiger partial charge in [0.15, 0.2) is 11.6 Å². The fourth-order valence-corrected chi connectivity index (χ4v) is 3.83. The summed E-state index contributed by atoms with van der Waals surface area (Å²) in [5.41, 5.74) is 2.84. The maximum Gasteiger partial charge on any atom is 0.225 e. The third-order valence-electron chi connectivity index (χ3n) is 5.19. The number of ether oxygens (including phenoxy) is 1. The summed E-state index contributed by atoms with van der Waals surface area (Å²) in [5, 5.41) is 3.95. The number of nitrogens with one attached hydrogen (secondary N) is 2. The lowest BCUT2D eigenvalue weighted by molar-refractivity contribution is -0.121. The number of carbonyl (C=O) groups excluding carboxylic acids is 1. The fraction of sp³-hybridized carbons (Fsp3) is 0.286. The number of fused-ring (bicyclic) bond motifs is 3. The monoisotopic (exact) mass is 388 g/mol. The SMILES string of the molecule is COc1ccc2[nH]c3c(c2c1)CCCC3NC(=O)Cc1cc(F)c(F)cc1F. The highest BCUT2D eigenvalue weighted by Gasteiger charge is 2.26. The van der Waals surface area contributed by atoms with Crippen LogP contribution in [0.5, 0.6) is 5.75 Å². The minimum Gasteiger partial charge on any atom is -0.497 e. The summed E-state index contributed by atoms with van der Waals surface area (Å²) in [4.78, 5) is 15.8. The van der Waals surface area contributed by atoms with Crippen LogP contribution in [0.3, 0.4) is 0 Å². The van der Waals surface area contributed by atoms with Crippen LogP contribution in [0.15, 0.2) is 30.3 Å². The van der Waals surface area contributed by atoms with Crippen LogP contribution in [-0.4, -0.2) is 18.0 Å². The summed E-state index contributed by atoms with van der Waals surface area (Å²) >= 11 is 0. The number of rotatable bonds is 4. The Kier molecular flexibility index (Phi) is 4.75. The number of aromatic amines is 1. The highest BCUT2D eigenvalue weighted by Crippen LogP contribution is 2.36. The molecule has 0 aliphatic heterocycles. The van der Waals surface area contributed by atoms with Crippen LogP contribution >= 0.6 is 0 Å². The molecule has 4 rings (SSSR count). The lowest BCUT2D eigenvalue weighted by Gasteiger charge is -2.24. The number of hydrogen-bond donors (Lipinski definition) is 2. The van der Waals surface area contributed by atoms with Gasteiger partial charge in [-0.05, 0) is 49.1 Å². The molecule has 0 bridgehead atoms. The third-order valence-corrected chi connectivity index (χ3v) is 5.19. The van der Waals surface area contributed by atoms with Gasteiger partial charge >= 0.3 is 0 Å². The van der Waals surface area contributed by atoms with Crippen molar-refractivity contribution in [3.05, 3.63) is 64.6 Å². The first-order valence-electron chi connectivity index (χ1n) is 9.07. The molecule has 1 unspecified atom stereocenters. The standard InChI is InChI=1S/C21H19F3N2O2/c1-28-12-5-6-18-14(9-12)13-3-2-4-19(21(13)26-18)25-20(27)8-11-7-16(23)17(24)10-15(11)22/h5-7,9-10,19,26H,2-4,8H2,1H3,(H,25,27). The predicted octanol–water partition coefficient (Wildman–Crippen LogP) is 4.33. The van der Waals surface area contributed by atoms with Crippen molar-refractivity contribution in [2.45, 2.75) is 31.7 Å². The van der Waals surface area contributed by atoms with Crippen LogP contribution in [0.2, 0.25) is 0 Å². The zero-order valence-electron chi connectivity index (χ0n) is 15.2. The number of carbonyl (C=O) groups is 1. The number of H-pyrrole nitrogens is 1. The maximum atomic E-state index is 13.8. The van der Waals surface area contributed by atoms with Gasteiger partial charge in [0.1, 0.15) is 11.6 Å². The van der Waals surface area contributed by atoms with Crippen molar-refractivity contribution in [2.75, 3.05) is 7.11 Å². The molecule has 0 saturated carbocycles. The van der Waals surface area contributed by atoms with Crippen LogP contribution in [0.1, 0.15) is 35.7 Å². The molecule has 1 aromatic heterocycles. The Morgan fingerprint density at radius 2 is 1.96 bits per heavy atom. The van der Waals surface area contributed by atoms with E-state index >= 15 is 0 Å². The average Bonchev–Trinajstić information content (AvgIpc) is 3.05. The van der Waals surface area contributed by atoms with E-state index in [0.717, 1.165) is 53.2 Å². The number of amides is 1. The Morgan fingerprint density at radius 1 is 1.18 bits per heavy atom. The highest BCUT2D eigenvalue weighted by molar-refractivity contribution is 5.87. The molecule has 1 heterocycles. The number of benzene rings is 2. The van der Waals surface area contributed by atoms with E-state index in [1.54, 1.807) is 7.11 Å². The number of aromatic nitrogens is 1. The molecule has 7 heteroatoms. The van der Waals surface area contributed by atoms with Crippen LogP contribution < -0.4 is 10.1 Å². The summed E-state index contributed by atoms with van der Waals surface area (Å²) in [5.74, 6) is -3.06. The van der Waals surface area contributed by atoms with E-state index in [1.165, 1.54) is 0 Å². The lowest BCUT2D eigenvalue weighted by Crippen LogP contribution is -2.32. The largest absolute Gasteiger partial charge is 0.497 e. The van der Waals surface area contributed by atoms with E-state index in [2.05, 4.69) is 10.3 Å². The van der Waals surface area contributed by atoms with Gasteiger partial charge in [0.05, 0.1) is 19.6 Å². The van der Waals surface area contributed by atoms with Gasteiger partial charge in [-0.3, -0.25) is 4.79 Å². The van der Waals surface area contributed by atoms with Crippen molar-refractivity contribution in [2.24, 2.45) is 0 Å². The molecule has 0 spiro atoms. The quantitative estimate of drug-likeness (QED) is 0.654. The first-order chi connectivity index (χ1) is 13.5. The molecule has 146 valence electrons. The van der Waals surface area contributed by atoms with Crippen molar-refractivity contribution in [3.8, 4) is 5.75 Å². The number of methoxy groups -OCH3 is 1. The van der Waals surface area contributed by atoms with E-state index in [1.807, 2.05) is 18.2 Å². The van der Waals surface area contributed by atoms with Crippen LogP contribution in [0, 0.1) is 17.5 Å². The second-order valence-electron chi connectivity index (χ2n) is 6.98. The van der Waals surface area contributed by atoms with Gasteiger partial charge in [0.25, 0.3) is 0 Å². The summed E-state index contributed by atoms with van der Waals surface area (Å²) < 4.78 is 45.5. The van der Waals surface area contributed by atoms with Gasteiger partial charge in [-0.1, -0.05) is 0 Å². The molecule has 1 aliphatic rings.